The molecular weight excluding hydrogens is 457 g/mol. The number of hydrogen-bond acceptors (Lipinski definition) is 4. The Morgan fingerprint density at radius 3 is 2.85 bits per heavy atom. The largest absolute Gasteiger partial charge is 0.357 e. The number of halogens is 1. The van der Waals surface area contributed by atoms with Gasteiger partial charge in [-0.1, -0.05) is 6.92 Å². The quantitative estimate of drug-likeness (QED) is 0.329. The third kappa shape index (κ3) is 7.63. The normalized spacial score (nSPS) is 17.4. The first-order valence-electron chi connectivity index (χ1n) is 9.84. The number of carbonyl (C=O) groups excluding carboxylic acids is 1. The predicted molar refractivity (Wildman–Crippen MR) is 118 cm³/mol. The summed E-state index contributed by atoms with van der Waals surface area (Å²) in [6, 6.07) is 0.364. The van der Waals surface area contributed by atoms with Gasteiger partial charge in [-0.05, 0) is 33.1 Å². The minimum Gasteiger partial charge on any atom is -0.357 e. The topological polar surface area (TPSA) is 87.4 Å². The number of aliphatic imine (C=N–C) groups is 1. The van der Waals surface area contributed by atoms with Gasteiger partial charge in [-0.3, -0.25) is 9.79 Å². The van der Waals surface area contributed by atoms with E-state index in [2.05, 4.69) is 39.7 Å². The van der Waals surface area contributed by atoms with Crippen LogP contribution in [0, 0.1) is 0 Å². The number of aromatic nitrogens is 3. The number of piperidine rings is 1. The molecule has 1 aliphatic rings. The van der Waals surface area contributed by atoms with Crippen LogP contribution >= 0.6 is 24.0 Å². The molecule has 2 heterocycles. The Morgan fingerprint density at radius 1 is 1.33 bits per heavy atom. The Labute approximate surface area is 179 Å². The summed E-state index contributed by atoms with van der Waals surface area (Å²) in [6.07, 6.45) is 6.54. The monoisotopic (exact) mass is 491 g/mol. The maximum atomic E-state index is 12.4. The molecule has 0 aromatic carbocycles. The lowest BCUT2D eigenvalue weighted by Gasteiger charge is -2.33. The standard InChI is InChI=1S/C18H33N7O.HI/c1-4-16-23-22-14-24(16)13-11-21-18(19-5-2)20-10-9-17(26)25-12-7-6-8-15(25)3;/h14-15H,4-13H2,1-3H3,(H2,19,20,21);1H. The lowest BCUT2D eigenvalue weighted by Crippen LogP contribution is -2.42. The molecule has 8 nitrogen and oxygen atoms in total. The van der Waals surface area contributed by atoms with E-state index in [9.17, 15) is 4.79 Å². The van der Waals surface area contributed by atoms with Gasteiger partial charge in [0.1, 0.15) is 12.2 Å². The number of nitrogens with zero attached hydrogens (tertiary/aromatic N) is 5. The Kier molecular flexibility index (Phi) is 11.3. The van der Waals surface area contributed by atoms with Crippen molar-refractivity contribution in [1.29, 1.82) is 0 Å². The average Bonchev–Trinajstić information content (AvgIpc) is 3.09. The van der Waals surface area contributed by atoms with E-state index in [1.807, 2.05) is 16.4 Å². The highest BCUT2D eigenvalue weighted by atomic mass is 127. The van der Waals surface area contributed by atoms with Crippen molar-refractivity contribution in [2.45, 2.75) is 65.5 Å². The summed E-state index contributed by atoms with van der Waals surface area (Å²) in [5, 5.41) is 14.6. The van der Waals surface area contributed by atoms with E-state index in [0.717, 1.165) is 57.2 Å². The minimum atomic E-state index is 0. The lowest BCUT2D eigenvalue weighted by molar-refractivity contribution is -0.134. The first-order chi connectivity index (χ1) is 12.7. The summed E-state index contributed by atoms with van der Waals surface area (Å²) < 4.78 is 2.04. The lowest BCUT2D eigenvalue weighted by atomic mass is 10.0. The zero-order chi connectivity index (χ0) is 18.8. The summed E-state index contributed by atoms with van der Waals surface area (Å²) >= 11 is 0. The van der Waals surface area contributed by atoms with Crippen LogP contribution in [0.3, 0.4) is 0 Å². The van der Waals surface area contributed by atoms with Crippen molar-refractivity contribution in [3.63, 3.8) is 0 Å². The first kappa shape index (κ1) is 23.6. The summed E-state index contributed by atoms with van der Waals surface area (Å²) in [5.41, 5.74) is 0. The molecular formula is C18H34IN7O. The molecule has 1 amide bonds. The molecule has 1 atom stereocenters. The molecule has 27 heavy (non-hydrogen) atoms. The Hall–Kier alpha value is -1.39. The zero-order valence-electron chi connectivity index (χ0n) is 16.8. The number of likely N-dealkylation sites (tertiary alicyclic amines) is 1. The van der Waals surface area contributed by atoms with Crippen LogP contribution < -0.4 is 10.6 Å². The highest BCUT2D eigenvalue weighted by molar-refractivity contribution is 14.0. The maximum absolute atomic E-state index is 12.4. The van der Waals surface area contributed by atoms with Crippen molar-refractivity contribution < 1.29 is 4.79 Å². The van der Waals surface area contributed by atoms with E-state index in [0.29, 0.717) is 19.0 Å². The van der Waals surface area contributed by atoms with Gasteiger partial charge in [0.15, 0.2) is 5.96 Å². The van der Waals surface area contributed by atoms with Crippen LogP contribution in [0.15, 0.2) is 11.3 Å². The van der Waals surface area contributed by atoms with E-state index in [4.69, 9.17) is 0 Å². The highest BCUT2D eigenvalue weighted by Gasteiger charge is 2.22. The van der Waals surface area contributed by atoms with Crippen LogP contribution in [0.2, 0.25) is 0 Å². The number of aryl methyl sites for hydroxylation is 1. The molecule has 1 aliphatic heterocycles. The second-order valence-corrected chi connectivity index (χ2v) is 6.66. The van der Waals surface area contributed by atoms with Gasteiger partial charge in [0.05, 0.1) is 6.54 Å². The van der Waals surface area contributed by atoms with Gasteiger partial charge >= 0.3 is 0 Å². The van der Waals surface area contributed by atoms with Gasteiger partial charge in [-0.2, -0.15) is 0 Å². The molecule has 154 valence electrons. The van der Waals surface area contributed by atoms with Crippen molar-refractivity contribution in [2.24, 2.45) is 4.99 Å². The van der Waals surface area contributed by atoms with E-state index in [1.165, 1.54) is 6.42 Å². The molecule has 1 aromatic rings. The van der Waals surface area contributed by atoms with Crippen molar-refractivity contribution >= 4 is 35.8 Å². The van der Waals surface area contributed by atoms with Crippen molar-refractivity contribution in [3.8, 4) is 0 Å². The third-order valence-electron chi connectivity index (χ3n) is 4.72. The van der Waals surface area contributed by atoms with Gasteiger partial charge in [-0.25, -0.2) is 0 Å². The fourth-order valence-corrected chi connectivity index (χ4v) is 3.25. The summed E-state index contributed by atoms with van der Waals surface area (Å²) in [6.45, 7) is 9.94. The molecule has 0 bridgehead atoms. The smallest absolute Gasteiger partial charge is 0.224 e. The number of amides is 1. The zero-order valence-corrected chi connectivity index (χ0v) is 19.1. The van der Waals surface area contributed by atoms with Crippen molar-refractivity contribution in [3.05, 3.63) is 12.2 Å². The van der Waals surface area contributed by atoms with Crippen LogP contribution in [0.25, 0.3) is 0 Å². The molecule has 1 unspecified atom stereocenters. The molecule has 0 saturated carbocycles. The molecule has 0 radical (unpaired) electrons. The fraction of sp³-hybridized carbons (Fsp3) is 0.778. The van der Waals surface area contributed by atoms with Crippen LogP contribution in [0.5, 0.6) is 0 Å². The number of nitrogens with one attached hydrogen (secondary N) is 2. The number of rotatable bonds is 8. The molecule has 1 aromatic heterocycles. The maximum Gasteiger partial charge on any atom is 0.224 e. The fourth-order valence-electron chi connectivity index (χ4n) is 3.25. The van der Waals surface area contributed by atoms with E-state index < -0.39 is 0 Å². The van der Waals surface area contributed by atoms with E-state index in [1.54, 1.807) is 6.33 Å². The number of guanidine groups is 1. The number of hydrogen-bond donors (Lipinski definition) is 2. The molecule has 1 saturated heterocycles. The van der Waals surface area contributed by atoms with Gasteiger partial charge in [-0.15, -0.1) is 34.2 Å². The highest BCUT2D eigenvalue weighted by Crippen LogP contribution is 2.17. The summed E-state index contributed by atoms with van der Waals surface area (Å²) in [7, 11) is 0. The molecule has 0 spiro atoms. The third-order valence-corrected chi connectivity index (χ3v) is 4.72. The molecule has 2 rings (SSSR count). The van der Waals surface area contributed by atoms with Gasteiger partial charge in [0.25, 0.3) is 0 Å². The minimum absolute atomic E-state index is 0. The second kappa shape index (κ2) is 12.9. The van der Waals surface area contributed by atoms with Crippen LogP contribution in [-0.4, -0.2) is 63.8 Å². The average molecular weight is 491 g/mol. The number of carbonyl (C=O) groups is 1. The SMILES string of the molecule is CCNC(=NCCC(=O)N1CCCCC1C)NCCn1cnnc1CC.I. The van der Waals surface area contributed by atoms with Gasteiger partial charge in [0.2, 0.25) is 5.91 Å². The van der Waals surface area contributed by atoms with Crippen molar-refractivity contribution in [1.82, 2.24) is 30.3 Å². The van der Waals surface area contributed by atoms with Crippen molar-refractivity contribution in [2.75, 3.05) is 26.2 Å². The van der Waals surface area contributed by atoms with Gasteiger partial charge in [0, 0.05) is 45.1 Å². The Balaban J connectivity index is 0.00000364. The van der Waals surface area contributed by atoms with Gasteiger partial charge < -0.3 is 20.1 Å². The van der Waals surface area contributed by atoms with E-state index in [-0.39, 0.29) is 29.9 Å². The first-order valence-corrected chi connectivity index (χ1v) is 9.84. The summed E-state index contributed by atoms with van der Waals surface area (Å²) in [4.78, 5) is 18.9. The Bertz CT molecular complexity index is 590. The van der Waals surface area contributed by atoms with Crippen LogP contribution in [-0.2, 0) is 17.8 Å². The predicted octanol–water partition coefficient (Wildman–Crippen LogP) is 1.80. The van der Waals surface area contributed by atoms with Crippen LogP contribution in [0.1, 0.15) is 52.3 Å². The summed E-state index contributed by atoms with van der Waals surface area (Å²) in [5.74, 6) is 1.95. The Morgan fingerprint density at radius 2 is 2.15 bits per heavy atom. The van der Waals surface area contributed by atoms with E-state index >= 15 is 0 Å². The second-order valence-electron chi connectivity index (χ2n) is 6.66. The molecule has 1 fully saturated rings. The molecule has 2 N–H and O–H groups in total. The molecule has 9 heteroatoms. The molecule has 0 aliphatic carbocycles. The van der Waals surface area contributed by atoms with Crippen LogP contribution in [0.4, 0.5) is 0 Å².